The fourth-order valence-corrected chi connectivity index (χ4v) is 3.99. The number of esters is 1. The fraction of sp³-hybridized carbons (Fsp3) is 0.167. The second-order valence-corrected chi connectivity index (χ2v) is 8.83. The highest BCUT2D eigenvalue weighted by atomic mass is 32.2. The summed E-state index contributed by atoms with van der Waals surface area (Å²) in [5, 5.41) is 2.43. The number of sulfonamides is 1. The lowest BCUT2D eigenvalue weighted by Gasteiger charge is -2.13. The van der Waals surface area contributed by atoms with Gasteiger partial charge >= 0.3 is 5.97 Å². The summed E-state index contributed by atoms with van der Waals surface area (Å²) < 4.78 is 51.9. The largest absolute Gasteiger partial charge is 0.494 e. The van der Waals surface area contributed by atoms with Crippen molar-refractivity contribution in [3.63, 3.8) is 0 Å². The van der Waals surface area contributed by atoms with Gasteiger partial charge in [0.05, 0.1) is 22.8 Å². The summed E-state index contributed by atoms with van der Waals surface area (Å²) in [5.74, 6) is -1.54. The highest BCUT2D eigenvalue weighted by Crippen LogP contribution is 2.23. The van der Waals surface area contributed by atoms with Crippen LogP contribution in [0.1, 0.15) is 22.8 Å². The van der Waals surface area contributed by atoms with E-state index in [1.165, 1.54) is 54.6 Å². The number of hydrogen-bond acceptors (Lipinski definition) is 6. The van der Waals surface area contributed by atoms with Crippen LogP contribution >= 0.6 is 0 Å². The van der Waals surface area contributed by atoms with E-state index in [0.717, 1.165) is 6.07 Å². The molecular formula is C24H23FN2O6S. The molecule has 0 aliphatic carbocycles. The molecule has 0 aromatic heterocycles. The molecule has 0 unspecified atom stereocenters. The Kier molecular flexibility index (Phi) is 7.85. The third-order valence-electron chi connectivity index (χ3n) is 4.63. The first-order valence-electron chi connectivity index (χ1n) is 10.3. The minimum absolute atomic E-state index is 0.0117. The molecule has 0 radical (unpaired) electrons. The SMILES string of the molecule is CCOc1ccc(S(=O)(=O)Nc2ccccc2C(=O)OCC(=O)Nc2ccc(C)c(F)c2)cc1. The summed E-state index contributed by atoms with van der Waals surface area (Å²) >= 11 is 0. The minimum Gasteiger partial charge on any atom is -0.494 e. The molecule has 3 aromatic carbocycles. The molecule has 178 valence electrons. The van der Waals surface area contributed by atoms with Gasteiger partial charge in [0, 0.05) is 5.69 Å². The van der Waals surface area contributed by atoms with Crippen LogP contribution in [-0.4, -0.2) is 33.5 Å². The van der Waals surface area contributed by atoms with Crippen molar-refractivity contribution in [3.05, 3.63) is 83.7 Å². The number of ether oxygens (including phenoxy) is 2. The lowest BCUT2D eigenvalue weighted by atomic mass is 10.2. The number of hydrogen-bond donors (Lipinski definition) is 2. The van der Waals surface area contributed by atoms with Gasteiger partial charge in [-0.1, -0.05) is 18.2 Å². The molecule has 10 heteroatoms. The Labute approximate surface area is 196 Å². The molecule has 0 saturated carbocycles. The van der Waals surface area contributed by atoms with E-state index in [-0.39, 0.29) is 21.8 Å². The summed E-state index contributed by atoms with van der Waals surface area (Å²) in [4.78, 5) is 24.6. The zero-order valence-corrected chi connectivity index (χ0v) is 19.3. The zero-order valence-electron chi connectivity index (χ0n) is 18.5. The fourth-order valence-electron chi connectivity index (χ4n) is 2.91. The molecule has 0 spiro atoms. The number of rotatable bonds is 9. The van der Waals surface area contributed by atoms with Crippen LogP contribution in [0.15, 0.2) is 71.6 Å². The van der Waals surface area contributed by atoms with Gasteiger partial charge in [0.1, 0.15) is 11.6 Å². The first kappa shape index (κ1) is 24.7. The van der Waals surface area contributed by atoms with E-state index in [0.29, 0.717) is 17.9 Å². The average molecular weight is 487 g/mol. The summed E-state index contributed by atoms with van der Waals surface area (Å²) in [6, 6.07) is 15.8. The van der Waals surface area contributed by atoms with E-state index < -0.39 is 34.3 Å². The van der Waals surface area contributed by atoms with Gasteiger partial charge in [-0.3, -0.25) is 9.52 Å². The smallest absolute Gasteiger partial charge is 0.340 e. The number of benzene rings is 3. The number of nitrogens with one attached hydrogen (secondary N) is 2. The van der Waals surface area contributed by atoms with Gasteiger partial charge in [0.15, 0.2) is 6.61 Å². The molecule has 0 aliphatic rings. The second-order valence-electron chi connectivity index (χ2n) is 7.14. The van der Waals surface area contributed by atoms with Gasteiger partial charge < -0.3 is 14.8 Å². The number of aryl methyl sites for hydroxylation is 1. The van der Waals surface area contributed by atoms with Crippen molar-refractivity contribution in [1.82, 2.24) is 0 Å². The normalized spacial score (nSPS) is 10.9. The van der Waals surface area contributed by atoms with Crippen molar-refractivity contribution < 1.29 is 31.9 Å². The average Bonchev–Trinajstić information content (AvgIpc) is 2.80. The number of carbonyl (C=O) groups is 2. The van der Waals surface area contributed by atoms with E-state index >= 15 is 0 Å². The lowest BCUT2D eigenvalue weighted by molar-refractivity contribution is -0.119. The maximum atomic E-state index is 13.6. The van der Waals surface area contributed by atoms with E-state index in [1.54, 1.807) is 13.0 Å². The molecule has 3 rings (SSSR count). The van der Waals surface area contributed by atoms with Crippen molar-refractivity contribution in [2.45, 2.75) is 18.7 Å². The molecule has 0 atom stereocenters. The van der Waals surface area contributed by atoms with Crippen LogP contribution in [0.4, 0.5) is 15.8 Å². The lowest BCUT2D eigenvalue weighted by Crippen LogP contribution is -2.22. The van der Waals surface area contributed by atoms with E-state index in [4.69, 9.17) is 9.47 Å². The summed E-state index contributed by atoms with van der Waals surface area (Å²) in [7, 11) is -4.01. The van der Waals surface area contributed by atoms with Crippen molar-refractivity contribution in [3.8, 4) is 5.75 Å². The van der Waals surface area contributed by atoms with E-state index in [2.05, 4.69) is 10.0 Å². The molecule has 0 bridgehead atoms. The molecule has 0 saturated heterocycles. The third kappa shape index (κ3) is 6.32. The predicted octanol–water partition coefficient (Wildman–Crippen LogP) is 4.13. The van der Waals surface area contributed by atoms with Crippen molar-refractivity contribution in [2.24, 2.45) is 0 Å². The number of halogens is 1. The maximum absolute atomic E-state index is 13.6. The molecule has 1 amide bonds. The molecule has 3 aromatic rings. The summed E-state index contributed by atoms with van der Waals surface area (Å²) in [6.07, 6.45) is 0. The van der Waals surface area contributed by atoms with Crippen LogP contribution in [0.3, 0.4) is 0 Å². The molecular weight excluding hydrogens is 463 g/mol. The number of para-hydroxylation sites is 1. The highest BCUT2D eigenvalue weighted by Gasteiger charge is 2.20. The molecule has 0 heterocycles. The number of carbonyl (C=O) groups excluding carboxylic acids is 2. The highest BCUT2D eigenvalue weighted by molar-refractivity contribution is 7.92. The number of amides is 1. The minimum atomic E-state index is -4.01. The van der Waals surface area contributed by atoms with Gasteiger partial charge in [0.25, 0.3) is 15.9 Å². The van der Waals surface area contributed by atoms with Crippen LogP contribution in [0.2, 0.25) is 0 Å². The van der Waals surface area contributed by atoms with Gasteiger partial charge in [-0.15, -0.1) is 0 Å². The monoisotopic (exact) mass is 486 g/mol. The van der Waals surface area contributed by atoms with Gasteiger partial charge in [0.2, 0.25) is 0 Å². The van der Waals surface area contributed by atoms with Crippen LogP contribution in [0.25, 0.3) is 0 Å². The zero-order chi connectivity index (χ0) is 24.7. The quantitative estimate of drug-likeness (QED) is 0.440. The van der Waals surface area contributed by atoms with Crippen LogP contribution < -0.4 is 14.8 Å². The van der Waals surface area contributed by atoms with Crippen LogP contribution in [-0.2, 0) is 19.6 Å². The first-order valence-corrected chi connectivity index (χ1v) is 11.8. The second kappa shape index (κ2) is 10.8. The van der Waals surface area contributed by atoms with Crippen molar-refractivity contribution in [1.29, 1.82) is 0 Å². The Morgan fingerprint density at radius 1 is 1.00 bits per heavy atom. The topological polar surface area (TPSA) is 111 Å². The van der Waals surface area contributed by atoms with Gasteiger partial charge in [-0.25, -0.2) is 17.6 Å². The standard InChI is InChI=1S/C24H23FN2O6S/c1-3-32-18-10-12-19(13-11-18)34(30,31)27-22-7-5-4-6-20(22)24(29)33-15-23(28)26-17-9-8-16(2)21(25)14-17/h4-14,27H,3,15H2,1-2H3,(H,26,28). The Morgan fingerprint density at radius 2 is 1.71 bits per heavy atom. The summed E-state index contributed by atoms with van der Waals surface area (Å²) in [5.41, 5.74) is 0.551. The Hall–Kier alpha value is -3.92. The van der Waals surface area contributed by atoms with Crippen molar-refractivity contribution in [2.75, 3.05) is 23.3 Å². The van der Waals surface area contributed by atoms with E-state index in [1.807, 2.05) is 6.92 Å². The van der Waals surface area contributed by atoms with Crippen LogP contribution in [0.5, 0.6) is 5.75 Å². The molecule has 8 nitrogen and oxygen atoms in total. The molecule has 0 aliphatic heterocycles. The maximum Gasteiger partial charge on any atom is 0.340 e. The van der Waals surface area contributed by atoms with Gasteiger partial charge in [-0.05, 0) is 67.9 Å². The molecule has 0 fully saturated rings. The molecule has 34 heavy (non-hydrogen) atoms. The number of anilines is 2. The predicted molar refractivity (Wildman–Crippen MR) is 125 cm³/mol. The molecule has 2 N–H and O–H groups in total. The summed E-state index contributed by atoms with van der Waals surface area (Å²) in [6.45, 7) is 3.20. The Morgan fingerprint density at radius 3 is 2.38 bits per heavy atom. The van der Waals surface area contributed by atoms with E-state index in [9.17, 15) is 22.4 Å². The van der Waals surface area contributed by atoms with Crippen molar-refractivity contribution >= 4 is 33.3 Å². The first-order chi connectivity index (χ1) is 16.2. The Bertz CT molecular complexity index is 1290. The third-order valence-corrected chi connectivity index (χ3v) is 6.01. The van der Waals surface area contributed by atoms with Crippen LogP contribution in [0, 0.1) is 12.7 Å². The van der Waals surface area contributed by atoms with Gasteiger partial charge in [-0.2, -0.15) is 0 Å². The Balaban J connectivity index is 1.67.